The van der Waals surface area contributed by atoms with Crippen molar-refractivity contribution in [3.8, 4) is 6.07 Å². The molecule has 0 atom stereocenters. The molecule has 16 heavy (non-hydrogen) atoms. The van der Waals surface area contributed by atoms with Gasteiger partial charge in [-0.25, -0.2) is 4.39 Å². The van der Waals surface area contributed by atoms with Gasteiger partial charge in [-0.05, 0) is 19.1 Å². The van der Waals surface area contributed by atoms with Gasteiger partial charge in [-0.2, -0.15) is 5.26 Å². The Hall–Kier alpha value is -1.08. The summed E-state index contributed by atoms with van der Waals surface area (Å²) in [5.41, 5.74) is 1.52. The van der Waals surface area contributed by atoms with Crippen molar-refractivity contribution < 1.29 is 4.39 Å². The third-order valence-electron chi connectivity index (χ3n) is 2.44. The predicted octanol–water partition coefficient (Wildman–Crippen LogP) is 3.46. The van der Waals surface area contributed by atoms with Crippen LogP contribution in [0.2, 0.25) is 0 Å². The maximum Gasteiger partial charge on any atom is 0.129 e. The highest BCUT2D eigenvalue weighted by Gasteiger charge is 2.12. The molecule has 0 saturated heterocycles. The van der Waals surface area contributed by atoms with E-state index in [0.717, 1.165) is 12.2 Å². The van der Waals surface area contributed by atoms with Crippen LogP contribution in [0.3, 0.4) is 0 Å². The van der Waals surface area contributed by atoms with E-state index in [-0.39, 0.29) is 5.82 Å². The van der Waals surface area contributed by atoms with E-state index in [4.69, 9.17) is 5.26 Å². The summed E-state index contributed by atoms with van der Waals surface area (Å²) in [5.74, 6) is -0.204. The summed E-state index contributed by atoms with van der Waals surface area (Å²) in [6.07, 6.45) is 0.450. The minimum Gasteiger partial charge on any atom is -0.370 e. The molecule has 0 spiro atoms. The van der Waals surface area contributed by atoms with Crippen LogP contribution in [-0.4, -0.2) is 13.1 Å². The van der Waals surface area contributed by atoms with Gasteiger partial charge in [0.1, 0.15) is 5.82 Å². The van der Waals surface area contributed by atoms with E-state index in [1.54, 1.807) is 6.07 Å². The molecule has 0 bridgehead atoms. The van der Waals surface area contributed by atoms with Crippen LogP contribution in [0.1, 0.15) is 18.9 Å². The molecule has 1 aromatic carbocycles. The number of hydrogen-bond acceptors (Lipinski definition) is 2. The molecule has 0 amide bonds. The molecule has 0 fully saturated rings. The molecule has 0 heterocycles. The molecule has 0 aliphatic heterocycles. The van der Waals surface area contributed by atoms with E-state index in [1.165, 1.54) is 6.07 Å². The van der Waals surface area contributed by atoms with Gasteiger partial charge in [0.2, 0.25) is 0 Å². The lowest BCUT2D eigenvalue weighted by atomic mass is 10.1. The molecule has 0 aliphatic rings. The zero-order valence-electron chi connectivity index (χ0n) is 9.21. The molecule has 0 aromatic heterocycles. The maximum atomic E-state index is 13.5. The number of halogens is 2. The highest BCUT2D eigenvalue weighted by molar-refractivity contribution is 9.08. The SMILES string of the molecule is CCN(CCC#N)c1cccc(F)c1CBr. The fraction of sp³-hybridized carbons (Fsp3) is 0.417. The number of anilines is 1. The topological polar surface area (TPSA) is 27.0 Å². The minimum absolute atomic E-state index is 0.204. The van der Waals surface area contributed by atoms with Gasteiger partial charge in [0.05, 0.1) is 12.5 Å². The molecule has 0 radical (unpaired) electrons. The lowest BCUT2D eigenvalue weighted by Gasteiger charge is -2.24. The van der Waals surface area contributed by atoms with Crippen LogP contribution in [0.4, 0.5) is 10.1 Å². The summed E-state index contributed by atoms with van der Waals surface area (Å²) in [6, 6.07) is 7.15. The van der Waals surface area contributed by atoms with Crippen molar-refractivity contribution in [3.05, 3.63) is 29.6 Å². The van der Waals surface area contributed by atoms with Crippen LogP contribution in [0.5, 0.6) is 0 Å². The standard InChI is InChI=1S/C12H14BrFN2/c1-2-16(8-4-7-15)12-6-3-5-11(14)10(12)9-13/h3,5-6H,2,4,8-9H2,1H3. The molecule has 0 saturated carbocycles. The number of hydrogen-bond donors (Lipinski definition) is 0. The Morgan fingerprint density at radius 3 is 2.81 bits per heavy atom. The number of nitriles is 1. The molecule has 0 unspecified atom stereocenters. The summed E-state index contributed by atoms with van der Waals surface area (Å²) < 4.78 is 13.5. The Morgan fingerprint density at radius 2 is 2.25 bits per heavy atom. The monoisotopic (exact) mass is 284 g/mol. The van der Waals surface area contributed by atoms with E-state index in [0.29, 0.717) is 23.9 Å². The van der Waals surface area contributed by atoms with Crippen LogP contribution < -0.4 is 4.90 Å². The lowest BCUT2D eigenvalue weighted by Crippen LogP contribution is -2.25. The summed E-state index contributed by atoms with van der Waals surface area (Å²) in [4.78, 5) is 2.02. The van der Waals surface area contributed by atoms with Crippen LogP contribution in [0.15, 0.2) is 18.2 Å². The molecule has 1 rings (SSSR count). The Morgan fingerprint density at radius 1 is 1.50 bits per heavy atom. The molecular formula is C12H14BrFN2. The molecule has 4 heteroatoms. The van der Waals surface area contributed by atoms with Crippen molar-refractivity contribution in [2.75, 3.05) is 18.0 Å². The smallest absolute Gasteiger partial charge is 0.129 e. The van der Waals surface area contributed by atoms with Crippen molar-refractivity contribution >= 4 is 21.6 Å². The third kappa shape index (κ3) is 2.96. The Bertz CT molecular complexity index is 387. The molecular weight excluding hydrogens is 271 g/mol. The number of nitrogens with zero attached hydrogens (tertiary/aromatic N) is 2. The minimum atomic E-state index is -0.204. The van der Waals surface area contributed by atoms with Crippen molar-refractivity contribution in [1.82, 2.24) is 0 Å². The molecule has 0 aliphatic carbocycles. The molecule has 1 aromatic rings. The first-order valence-corrected chi connectivity index (χ1v) is 6.32. The van der Waals surface area contributed by atoms with Gasteiger partial charge in [0, 0.05) is 29.7 Å². The van der Waals surface area contributed by atoms with Gasteiger partial charge in [-0.3, -0.25) is 0 Å². The fourth-order valence-electron chi connectivity index (χ4n) is 1.61. The first-order chi connectivity index (χ1) is 7.74. The number of benzene rings is 1. The zero-order valence-corrected chi connectivity index (χ0v) is 10.8. The summed E-state index contributed by atoms with van der Waals surface area (Å²) in [6.45, 7) is 3.40. The van der Waals surface area contributed by atoms with Gasteiger partial charge < -0.3 is 4.90 Å². The first kappa shape index (κ1) is 13.0. The fourth-order valence-corrected chi connectivity index (χ4v) is 2.16. The molecule has 2 nitrogen and oxygen atoms in total. The van der Waals surface area contributed by atoms with Crippen LogP contribution in [-0.2, 0) is 5.33 Å². The van der Waals surface area contributed by atoms with Gasteiger partial charge in [0.15, 0.2) is 0 Å². The quantitative estimate of drug-likeness (QED) is 0.775. The Labute approximate surface area is 104 Å². The largest absolute Gasteiger partial charge is 0.370 e. The predicted molar refractivity (Wildman–Crippen MR) is 67.1 cm³/mol. The van der Waals surface area contributed by atoms with Crippen molar-refractivity contribution in [2.24, 2.45) is 0 Å². The lowest BCUT2D eigenvalue weighted by molar-refractivity contribution is 0.616. The van der Waals surface area contributed by atoms with Crippen LogP contribution in [0.25, 0.3) is 0 Å². The Balaban J connectivity index is 3.00. The third-order valence-corrected chi connectivity index (χ3v) is 3.00. The van der Waals surface area contributed by atoms with Gasteiger partial charge in [-0.15, -0.1) is 0 Å². The molecule has 86 valence electrons. The van der Waals surface area contributed by atoms with Crippen LogP contribution >= 0.6 is 15.9 Å². The number of alkyl halides is 1. The average Bonchev–Trinajstić information content (AvgIpc) is 2.30. The maximum absolute atomic E-state index is 13.5. The van der Waals surface area contributed by atoms with Crippen LogP contribution in [0, 0.1) is 17.1 Å². The van der Waals surface area contributed by atoms with Gasteiger partial charge in [-0.1, -0.05) is 22.0 Å². The first-order valence-electron chi connectivity index (χ1n) is 5.19. The van der Waals surface area contributed by atoms with E-state index in [1.807, 2.05) is 17.9 Å². The second-order valence-electron chi connectivity index (χ2n) is 3.36. The zero-order chi connectivity index (χ0) is 12.0. The van der Waals surface area contributed by atoms with E-state index in [2.05, 4.69) is 22.0 Å². The summed E-state index contributed by atoms with van der Waals surface area (Å²) in [7, 11) is 0. The van der Waals surface area contributed by atoms with E-state index in [9.17, 15) is 4.39 Å². The highest BCUT2D eigenvalue weighted by Crippen LogP contribution is 2.25. The van der Waals surface area contributed by atoms with Gasteiger partial charge >= 0.3 is 0 Å². The summed E-state index contributed by atoms with van der Waals surface area (Å²) in [5, 5.41) is 9.06. The normalized spacial score (nSPS) is 9.88. The number of rotatable bonds is 5. The summed E-state index contributed by atoms with van der Waals surface area (Å²) >= 11 is 3.29. The van der Waals surface area contributed by atoms with E-state index < -0.39 is 0 Å². The molecule has 0 N–H and O–H groups in total. The Kier molecular flexibility index (Phi) is 5.27. The second kappa shape index (κ2) is 6.49. The van der Waals surface area contributed by atoms with Crippen molar-refractivity contribution in [2.45, 2.75) is 18.7 Å². The second-order valence-corrected chi connectivity index (χ2v) is 3.92. The van der Waals surface area contributed by atoms with Gasteiger partial charge in [0.25, 0.3) is 0 Å². The van der Waals surface area contributed by atoms with Crippen molar-refractivity contribution in [3.63, 3.8) is 0 Å². The van der Waals surface area contributed by atoms with Crippen molar-refractivity contribution in [1.29, 1.82) is 5.26 Å². The highest BCUT2D eigenvalue weighted by atomic mass is 79.9. The van der Waals surface area contributed by atoms with E-state index >= 15 is 0 Å². The average molecular weight is 285 g/mol.